The number of hydrogen-bond donors (Lipinski definition) is 0. The fourth-order valence-corrected chi connectivity index (χ4v) is 1.68. The van der Waals surface area contributed by atoms with E-state index in [0.717, 1.165) is 0 Å². The highest BCUT2D eigenvalue weighted by Gasteiger charge is 2.49. The molecule has 0 saturated carbocycles. The van der Waals surface area contributed by atoms with Gasteiger partial charge in [0.2, 0.25) is 0 Å². The van der Waals surface area contributed by atoms with E-state index in [9.17, 15) is 0 Å². The van der Waals surface area contributed by atoms with Gasteiger partial charge in [0.25, 0.3) is 0 Å². The third-order valence-electron chi connectivity index (χ3n) is 2.12. The second-order valence-corrected chi connectivity index (χ2v) is 3.56. The first kappa shape index (κ1) is 8.06. The number of terminal acetylenes is 1. The van der Waals surface area contributed by atoms with Crippen LogP contribution in [0.25, 0.3) is 0 Å². The van der Waals surface area contributed by atoms with Crippen LogP contribution in [0.5, 0.6) is 0 Å². The first-order valence-corrected chi connectivity index (χ1v) is 4.06. The van der Waals surface area contributed by atoms with E-state index in [1.54, 1.807) is 0 Å². The van der Waals surface area contributed by atoms with Gasteiger partial charge in [0.1, 0.15) is 18.3 Å². The lowest BCUT2D eigenvalue weighted by Crippen LogP contribution is -2.28. The third kappa shape index (κ3) is 1.13. The van der Waals surface area contributed by atoms with Crippen LogP contribution in [0.3, 0.4) is 0 Å². The monoisotopic (exact) mass is 168 g/mol. The van der Waals surface area contributed by atoms with Gasteiger partial charge < -0.3 is 14.2 Å². The van der Waals surface area contributed by atoms with Crippen LogP contribution < -0.4 is 0 Å². The number of hydrogen-bond acceptors (Lipinski definition) is 3. The van der Waals surface area contributed by atoms with Crippen molar-refractivity contribution in [3.8, 4) is 12.3 Å². The Kier molecular flexibility index (Phi) is 1.65. The summed E-state index contributed by atoms with van der Waals surface area (Å²) in [7, 11) is 0. The standard InChI is InChI=1S/C9H12O3/c1-4-6-8-7(5-10-6)11-9(2,3)12-8/h1,6-8H,5H2,2-3H3/t6-,7-,8+/m1/s1. The summed E-state index contributed by atoms with van der Waals surface area (Å²) in [5, 5.41) is 0. The maximum absolute atomic E-state index is 5.59. The van der Waals surface area contributed by atoms with E-state index in [1.165, 1.54) is 0 Å². The van der Waals surface area contributed by atoms with Crippen LogP contribution in [-0.4, -0.2) is 30.7 Å². The molecule has 2 aliphatic rings. The van der Waals surface area contributed by atoms with Crippen LogP contribution in [0.15, 0.2) is 0 Å². The highest BCUT2D eigenvalue weighted by molar-refractivity contribution is 5.07. The lowest BCUT2D eigenvalue weighted by Gasteiger charge is -2.19. The molecule has 0 aromatic carbocycles. The van der Waals surface area contributed by atoms with E-state index < -0.39 is 5.79 Å². The molecule has 0 aromatic rings. The summed E-state index contributed by atoms with van der Waals surface area (Å²) < 4.78 is 16.4. The van der Waals surface area contributed by atoms with E-state index in [4.69, 9.17) is 20.6 Å². The Morgan fingerprint density at radius 3 is 2.83 bits per heavy atom. The molecular formula is C9H12O3. The quantitative estimate of drug-likeness (QED) is 0.494. The molecule has 0 bridgehead atoms. The Morgan fingerprint density at radius 1 is 1.42 bits per heavy atom. The van der Waals surface area contributed by atoms with Crippen LogP contribution in [-0.2, 0) is 14.2 Å². The SMILES string of the molecule is C#C[C@H]1OC[C@H]2OC(C)(C)O[C@@H]12. The minimum atomic E-state index is -0.506. The molecule has 2 fully saturated rings. The van der Waals surface area contributed by atoms with Crippen LogP contribution in [0.1, 0.15) is 13.8 Å². The topological polar surface area (TPSA) is 27.7 Å². The summed E-state index contributed by atoms with van der Waals surface area (Å²) in [5.74, 6) is 2.04. The van der Waals surface area contributed by atoms with E-state index in [-0.39, 0.29) is 18.3 Å². The largest absolute Gasteiger partial charge is 0.360 e. The summed E-state index contributed by atoms with van der Waals surface area (Å²) >= 11 is 0. The van der Waals surface area contributed by atoms with Gasteiger partial charge in [-0.1, -0.05) is 5.92 Å². The second-order valence-electron chi connectivity index (χ2n) is 3.56. The van der Waals surface area contributed by atoms with Crippen LogP contribution >= 0.6 is 0 Å². The van der Waals surface area contributed by atoms with Gasteiger partial charge in [-0.15, -0.1) is 6.42 Å². The average Bonchev–Trinajstić information content (AvgIpc) is 2.42. The van der Waals surface area contributed by atoms with Crippen molar-refractivity contribution in [2.45, 2.75) is 37.9 Å². The molecule has 2 saturated heterocycles. The molecular weight excluding hydrogens is 156 g/mol. The van der Waals surface area contributed by atoms with Crippen molar-refractivity contribution < 1.29 is 14.2 Å². The Balaban J connectivity index is 2.12. The predicted octanol–water partition coefficient (Wildman–Crippen LogP) is 0.538. The Morgan fingerprint density at radius 2 is 2.17 bits per heavy atom. The van der Waals surface area contributed by atoms with Crippen LogP contribution in [0.4, 0.5) is 0 Å². The van der Waals surface area contributed by atoms with Gasteiger partial charge in [-0.3, -0.25) is 0 Å². The maximum atomic E-state index is 5.59. The number of ether oxygens (including phenoxy) is 3. The molecule has 3 atom stereocenters. The minimum Gasteiger partial charge on any atom is -0.360 e. The summed E-state index contributed by atoms with van der Waals surface area (Å²) in [4.78, 5) is 0. The van der Waals surface area contributed by atoms with Gasteiger partial charge >= 0.3 is 0 Å². The van der Waals surface area contributed by atoms with Crippen molar-refractivity contribution in [3.63, 3.8) is 0 Å². The van der Waals surface area contributed by atoms with Gasteiger partial charge in [-0.2, -0.15) is 0 Å². The molecule has 12 heavy (non-hydrogen) atoms. The van der Waals surface area contributed by atoms with Gasteiger partial charge in [-0.25, -0.2) is 0 Å². The number of rotatable bonds is 0. The van der Waals surface area contributed by atoms with Crippen molar-refractivity contribution in [3.05, 3.63) is 0 Å². The molecule has 0 spiro atoms. The van der Waals surface area contributed by atoms with Crippen molar-refractivity contribution in [2.24, 2.45) is 0 Å². The fourth-order valence-electron chi connectivity index (χ4n) is 1.68. The van der Waals surface area contributed by atoms with Crippen molar-refractivity contribution in [1.29, 1.82) is 0 Å². The smallest absolute Gasteiger partial charge is 0.164 e. The van der Waals surface area contributed by atoms with Gasteiger partial charge in [0.05, 0.1) is 6.61 Å². The van der Waals surface area contributed by atoms with Crippen molar-refractivity contribution in [1.82, 2.24) is 0 Å². The third-order valence-corrected chi connectivity index (χ3v) is 2.12. The summed E-state index contributed by atoms with van der Waals surface area (Å²) in [6, 6.07) is 0. The van der Waals surface area contributed by atoms with Crippen LogP contribution in [0, 0.1) is 12.3 Å². The second kappa shape index (κ2) is 2.46. The zero-order chi connectivity index (χ0) is 8.77. The van der Waals surface area contributed by atoms with Gasteiger partial charge in [0.15, 0.2) is 5.79 Å². The average molecular weight is 168 g/mol. The fraction of sp³-hybridized carbons (Fsp3) is 0.778. The lowest BCUT2D eigenvalue weighted by atomic mass is 10.2. The Hall–Kier alpha value is -0.560. The molecule has 0 aliphatic carbocycles. The van der Waals surface area contributed by atoms with Gasteiger partial charge in [-0.05, 0) is 13.8 Å². The maximum Gasteiger partial charge on any atom is 0.164 e. The van der Waals surface area contributed by atoms with Crippen molar-refractivity contribution in [2.75, 3.05) is 6.61 Å². The van der Waals surface area contributed by atoms with E-state index in [2.05, 4.69) is 5.92 Å². The van der Waals surface area contributed by atoms with E-state index >= 15 is 0 Å². The molecule has 0 aromatic heterocycles. The molecule has 66 valence electrons. The molecule has 0 unspecified atom stereocenters. The number of fused-ring (bicyclic) bond motifs is 1. The Labute approximate surface area is 72.0 Å². The molecule has 2 rings (SSSR count). The lowest BCUT2D eigenvalue weighted by molar-refractivity contribution is -0.169. The summed E-state index contributed by atoms with van der Waals surface area (Å²) in [6.07, 6.45) is 4.96. The Bertz CT molecular complexity index is 228. The molecule has 0 N–H and O–H groups in total. The molecule has 0 amide bonds. The van der Waals surface area contributed by atoms with Crippen LogP contribution in [0.2, 0.25) is 0 Å². The predicted molar refractivity (Wildman–Crippen MR) is 42.4 cm³/mol. The summed E-state index contributed by atoms with van der Waals surface area (Å²) in [5.41, 5.74) is 0. The zero-order valence-electron chi connectivity index (χ0n) is 7.24. The highest BCUT2D eigenvalue weighted by atomic mass is 16.8. The molecule has 2 aliphatic heterocycles. The van der Waals surface area contributed by atoms with E-state index in [1.807, 2.05) is 13.8 Å². The van der Waals surface area contributed by atoms with E-state index in [0.29, 0.717) is 6.61 Å². The highest BCUT2D eigenvalue weighted by Crippen LogP contribution is 2.34. The molecule has 0 radical (unpaired) electrons. The normalized spacial score (nSPS) is 43.9. The van der Waals surface area contributed by atoms with Gasteiger partial charge in [0, 0.05) is 0 Å². The summed E-state index contributed by atoms with van der Waals surface area (Å²) in [6.45, 7) is 4.32. The molecule has 3 nitrogen and oxygen atoms in total. The first-order chi connectivity index (χ1) is 5.62. The zero-order valence-corrected chi connectivity index (χ0v) is 7.24. The molecule has 2 heterocycles. The first-order valence-electron chi connectivity index (χ1n) is 4.06. The minimum absolute atomic E-state index is 0.0149. The molecule has 3 heteroatoms. The van der Waals surface area contributed by atoms with Crippen molar-refractivity contribution >= 4 is 0 Å².